The number of carbonyl (C=O) groups is 4. The van der Waals surface area contributed by atoms with Gasteiger partial charge in [0.2, 0.25) is 11.8 Å². The first kappa shape index (κ1) is 35.7. The number of methoxy groups -OCH3 is 1. The van der Waals surface area contributed by atoms with Crippen LogP contribution in [0.1, 0.15) is 91.3 Å². The zero-order chi connectivity index (χ0) is 35.0. The maximum Gasteiger partial charge on any atom is 0.266 e. The Morgan fingerprint density at radius 3 is 2.24 bits per heavy atom. The monoisotopic (exact) mass is 688 g/mol. The molecule has 12 heteroatoms. The summed E-state index contributed by atoms with van der Waals surface area (Å²) >= 11 is 0. The maximum absolute atomic E-state index is 13.2. The molecule has 1 unspecified atom stereocenters. The van der Waals surface area contributed by atoms with Crippen LogP contribution in [0.2, 0.25) is 0 Å². The minimum absolute atomic E-state index is 0.0928. The van der Waals surface area contributed by atoms with Crippen LogP contribution in [0.15, 0.2) is 36.4 Å². The number of nitrogen functional groups attached to an aromatic ring is 1. The molecule has 2 aromatic carbocycles. The summed E-state index contributed by atoms with van der Waals surface area (Å²) in [6, 6.07) is 10.8. The molecule has 12 nitrogen and oxygen atoms in total. The predicted octanol–water partition coefficient (Wildman–Crippen LogP) is 4.07. The van der Waals surface area contributed by atoms with Gasteiger partial charge in [-0.25, -0.2) is 0 Å². The quantitative estimate of drug-likeness (QED) is 0.160. The molecule has 0 radical (unpaired) electrons. The third-order valence-electron chi connectivity index (χ3n) is 10.8. The van der Waals surface area contributed by atoms with E-state index < -0.39 is 29.7 Å². The van der Waals surface area contributed by atoms with Crippen molar-refractivity contribution < 1.29 is 28.7 Å². The Morgan fingerprint density at radius 1 is 0.800 bits per heavy atom. The van der Waals surface area contributed by atoms with E-state index in [9.17, 15) is 19.2 Å². The topological polar surface area (TPSA) is 138 Å². The Balaban J connectivity index is 0.806. The van der Waals surface area contributed by atoms with Gasteiger partial charge in [0.25, 0.3) is 11.8 Å². The molecule has 2 aromatic rings. The van der Waals surface area contributed by atoms with Gasteiger partial charge in [0.1, 0.15) is 17.5 Å². The fourth-order valence-corrected chi connectivity index (χ4v) is 7.85. The van der Waals surface area contributed by atoms with Crippen LogP contribution in [0.5, 0.6) is 11.5 Å². The fraction of sp³-hybridized carbons (Fsp3) is 0.579. The molecule has 270 valence electrons. The number of imide groups is 2. The van der Waals surface area contributed by atoms with E-state index >= 15 is 0 Å². The average molecular weight is 689 g/mol. The molecule has 4 heterocycles. The number of piperazine rings is 1. The van der Waals surface area contributed by atoms with Gasteiger partial charge in [0.05, 0.1) is 30.5 Å². The molecular formula is C38H52N6O6. The lowest BCUT2D eigenvalue weighted by molar-refractivity contribution is -0.136. The van der Waals surface area contributed by atoms with Crippen LogP contribution in [0, 0.1) is 0 Å². The van der Waals surface area contributed by atoms with Gasteiger partial charge in [-0.05, 0) is 62.9 Å². The van der Waals surface area contributed by atoms with Gasteiger partial charge < -0.3 is 25.0 Å². The number of unbranched alkanes of at least 4 members (excludes halogenated alkanes) is 6. The first-order valence-corrected chi connectivity index (χ1v) is 18.5. The van der Waals surface area contributed by atoms with Crippen molar-refractivity contribution in [3.63, 3.8) is 0 Å². The Morgan fingerprint density at radius 2 is 1.52 bits per heavy atom. The van der Waals surface area contributed by atoms with E-state index in [2.05, 4.69) is 32.1 Å². The fourth-order valence-electron chi connectivity index (χ4n) is 7.85. The van der Waals surface area contributed by atoms with Crippen molar-refractivity contribution in [1.82, 2.24) is 20.0 Å². The van der Waals surface area contributed by atoms with E-state index in [-0.39, 0.29) is 24.0 Å². The van der Waals surface area contributed by atoms with E-state index in [0.29, 0.717) is 24.1 Å². The second-order valence-electron chi connectivity index (χ2n) is 14.0. The number of piperidine rings is 2. The van der Waals surface area contributed by atoms with E-state index in [1.54, 1.807) is 25.3 Å². The van der Waals surface area contributed by atoms with Gasteiger partial charge in [-0.1, -0.05) is 38.2 Å². The third-order valence-corrected chi connectivity index (χ3v) is 10.8. The van der Waals surface area contributed by atoms with Crippen molar-refractivity contribution in [2.75, 3.05) is 70.2 Å². The van der Waals surface area contributed by atoms with Gasteiger partial charge >= 0.3 is 0 Å². The van der Waals surface area contributed by atoms with Gasteiger partial charge in [0, 0.05) is 63.5 Å². The van der Waals surface area contributed by atoms with Crippen LogP contribution in [0.3, 0.4) is 0 Å². The number of nitrogens with two attached hydrogens (primary N) is 1. The normalized spacial score (nSPS) is 20.7. The van der Waals surface area contributed by atoms with Crippen LogP contribution >= 0.6 is 0 Å². The van der Waals surface area contributed by atoms with Crippen molar-refractivity contribution in [3.8, 4) is 11.5 Å². The number of ether oxygens (including phenoxy) is 2. The summed E-state index contributed by atoms with van der Waals surface area (Å²) in [5.74, 6) is -0.935. The molecular weight excluding hydrogens is 636 g/mol. The highest BCUT2D eigenvalue weighted by molar-refractivity contribution is 6.24. The van der Waals surface area contributed by atoms with Crippen molar-refractivity contribution in [2.45, 2.75) is 82.7 Å². The Hall–Kier alpha value is -4.16. The number of benzene rings is 2. The maximum atomic E-state index is 13.2. The van der Waals surface area contributed by atoms with Gasteiger partial charge in [-0.3, -0.25) is 34.3 Å². The van der Waals surface area contributed by atoms with E-state index in [4.69, 9.17) is 15.2 Å². The molecule has 0 spiro atoms. The highest BCUT2D eigenvalue weighted by atomic mass is 16.5. The third kappa shape index (κ3) is 8.24. The van der Waals surface area contributed by atoms with Crippen LogP contribution in [-0.4, -0.2) is 110 Å². The van der Waals surface area contributed by atoms with Gasteiger partial charge in [0.15, 0.2) is 0 Å². The number of nitrogens with one attached hydrogen (secondary N) is 1. The lowest BCUT2D eigenvalue weighted by Crippen LogP contribution is -2.54. The molecule has 4 aliphatic rings. The van der Waals surface area contributed by atoms with Crippen molar-refractivity contribution in [3.05, 3.63) is 47.5 Å². The lowest BCUT2D eigenvalue weighted by Gasteiger charge is -2.43. The van der Waals surface area contributed by atoms with Crippen molar-refractivity contribution in [1.29, 1.82) is 0 Å². The van der Waals surface area contributed by atoms with E-state index in [1.807, 2.05) is 6.07 Å². The molecule has 3 N–H and O–H groups in total. The molecule has 0 aromatic heterocycles. The highest BCUT2D eigenvalue weighted by Gasteiger charge is 2.46. The van der Waals surface area contributed by atoms with Crippen LogP contribution < -0.4 is 25.4 Å². The molecule has 50 heavy (non-hydrogen) atoms. The number of anilines is 2. The van der Waals surface area contributed by atoms with Crippen LogP contribution in [0.25, 0.3) is 0 Å². The summed E-state index contributed by atoms with van der Waals surface area (Å²) in [6.45, 7) is 8.42. The number of hydrogen-bond donors (Lipinski definition) is 2. The number of nitrogens with zero attached hydrogens (tertiary/aromatic N) is 4. The number of carbonyl (C=O) groups excluding carboxylic acids is 4. The van der Waals surface area contributed by atoms with Gasteiger partial charge in [-0.15, -0.1) is 0 Å². The minimum atomic E-state index is -0.981. The summed E-state index contributed by atoms with van der Waals surface area (Å²) in [7, 11) is 1.67. The zero-order valence-corrected chi connectivity index (χ0v) is 29.4. The molecule has 0 bridgehead atoms. The molecule has 1 atom stereocenters. The molecule has 0 aliphatic carbocycles. The number of amides is 4. The summed E-state index contributed by atoms with van der Waals surface area (Å²) < 4.78 is 11.4. The highest BCUT2D eigenvalue weighted by Crippen LogP contribution is 2.34. The lowest BCUT2D eigenvalue weighted by atomic mass is 10.0. The summed E-state index contributed by atoms with van der Waals surface area (Å²) in [4.78, 5) is 58.9. The molecule has 3 saturated heterocycles. The SMILES string of the molecule is COc1cc(N2CCC(N3CCN(CCCCCCCCCOc4cccc5c4C(=O)N(C4CCC(=O)NC4=O)C5=O)CC3)CC2)ccc1N. The summed E-state index contributed by atoms with van der Waals surface area (Å²) in [6.07, 6.45) is 10.6. The van der Waals surface area contributed by atoms with Crippen molar-refractivity contribution >= 4 is 35.0 Å². The molecule has 3 fully saturated rings. The zero-order valence-electron chi connectivity index (χ0n) is 29.4. The number of hydrogen-bond acceptors (Lipinski definition) is 10. The molecule has 0 saturated carbocycles. The van der Waals surface area contributed by atoms with E-state index in [1.165, 1.54) is 50.8 Å². The van der Waals surface area contributed by atoms with Crippen LogP contribution in [-0.2, 0) is 9.59 Å². The first-order valence-electron chi connectivity index (χ1n) is 18.5. The first-order chi connectivity index (χ1) is 24.3. The Kier molecular flexibility index (Phi) is 11.9. The summed E-state index contributed by atoms with van der Waals surface area (Å²) in [5.41, 5.74) is 8.33. The molecule has 6 rings (SSSR count). The van der Waals surface area contributed by atoms with E-state index in [0.717, 1.165) is 69.2 Å². The van der Waals surface area contributed by atoms with Crippen LogP contribution in [0.4, 0.5) is 11.4 Å². The summed E-state index contributed by atoms with van der Waals surface area (Å²) in [5, 5.41) is 2.23. The molecule has 4 aliphatic heterocycles. The molecule has 4 amide bonds. The standard InChI is InChI=1S/C38H52N6O6/c1-49-33-26-28(12-13-30(33)39)42-19-16-27(17-20-42)43-23-21-41(22-24-43)18-7-5-3-2-4-6-8-25-50-32-11-9-10-29-35(32)38(48)44(37(29)47)31-14-15-34(45)40-36(31)46/h9-13,26-27,31H,2-8,14-25,39H2,1H3,(H,40,45,46). The minimum Gasteiger partial charge on any atom is -0.495 e. The average Bonchev–Trinajstić information content (AvgIpc) is 3.39. The number of fused-ring (bicyclic) bond motifs is 1. The van der Waals surface area contributed by atoms with Crippen molar-refractivity contribution in [2.24, 2.45) is 0 Å². The second-order valence-corrected chi connectivity index (χ2v) is 14.0. The largest absolute Gasteiger partial charge is 0.495 e. The second kappa shape index (κ2) is 16.7. The van der Waals surface area contributed by atoms with Gasteiger partial charge in [-0.2, -0.15) is 0 Å². The Labute approximate surface area is 295 Å². The Bertz CT molecular complexity index is 1530. The predicted molar refractivity (Wildman–Crippen MR) is 192 cm³/mol. The smallest absolute Gasteiger partial charge is 0.266 e. The number of rotatable bonds is 15.